The maximum absolute atomic E-state index is 12.5. The third kappa shape index (κ3) is 4.00. The van der Waals surface area contributed by atoms with Gasteiger partial charge in [-0.25, -0.2) is 4.98 Å². The van der Waals surface area contributed by atoms with E-state index in [2.05, 4.69) is 14.9 Å². The van der Waals surface area contributed by atoms with Crippen LogP contribution in [0.2, 0.25) is 0 Å². The fraction of sp³-hybridized carbons (Fsp3) is 0.227. The Hall–Kier alpha value is -3.19. The molecule has 2 heterocycles. The first-order chi connectivity index (χ1) is 14.0. The summed E-state index contributed by atoms with van der Waals surface area (Å²) in [5.41, 5.74) is 4.85. The van der Waals surface area contributed by atoms with Crippen LogP contribution in [0.4, 0.5) is 0 Å². The molecule has 0 aliphatic carbocycles. The Bertz CT molecular complexity index is 1220. The Morgan fingerprint density at radius 3 is 2.62 bits per heavy atom. The summed E-state index contributed by atoms with van der Waals surface area (Å²) in [4.78, 5) is 29.2. The second kappa shape index (κ2) is 8.05. The molecular weight excluding hydrogens is 384 g/mol. The van der Waals surface area contributed by atoms with E-state index in [4.69, 9.17) is 0 Å². The van der Waals surface area contributed by atoms with Gasteiger partial charge in [-0.15, -0.1) is 0 Å². The number of carbonyl (C=O) groups excluding carboxylic acids is 1. The average molecular weight is 407 g/mol. The maximum atomic E-state index is 12.5. The number of nitrogens with one attached hydrogen (secondary N) is 1. The summed E-state index contributed by atoms with van der Waals surface area (Å²) in [6.45, 7) is 5.08. The standard InChI is InChI=1S/C22H22N4O2S/c1-15-7-9-17(10-8-15)20-14-29-22(28)26(20)13-21(27)23-11-12-25-16(2)24-18-5-3-4-6-19(18)25/h3-10,14H,11-13H2,1-2H3,(H,23,27). The summed E-state index contributed by atoms with van der Waals surface area (Å²) in [5.74, 6) is 0.733. The number of imidazole rings is 1. The molecule has 4 aromatic rings. The lowest BCUT2D eigenvalue weighted by Crippen LogP contribution is -2.33. The normalized spacial score (nSPS) is 11.1. The number of fused-ring (bicyclic) bond motifs is 1. The van der Waals surface area contributed by atoms with Crippen LogP contribution in [0, 0.1) is 13.8 Å². The van der Waals surface area contributed by atoms with E-state index in [0.29, 0.717) is 13.1 Å². The first-order valence-electron chi connectivity index (χ1n) is 9.47. The van der Waals surface area contributed by atoms with Gasteiger partial charge in [-0.3, -0.25) is 14.2 Å². The highest BCUT2D eigenvalue weighted by atomic mass is 32.1. The number of aromatic nitrogens is 3. The highest BCUT2D eigenvalue weighted by molar-refractivity contribution is 7.07. The van der Waals surface area contributed by atoms with Crippen molar-refractivity contribution in [3.05, 3.63) is 75.0 Å². The van der Waals surface area contributed by atoms with E-state index in [1.165, 1.54) is 4.57 Å². The minimum Gasteiger partial charge on any atom is -0.353 e. The molecule has 0 atom stereocenters. The molecular formula is C22H22N4O2S. The van der Waals surface area contributed by atoms with Crippen molar-refractivity contribution in [2.24, 2.45) is 0 Å². The quantitative estimate of drug-likeness (QED) is 0.534. The minimum atomic E-state index is -0.180. The van der Waals surface area contributed by atoms with Crippen molar-refractivity contribution in [1.82, 2.24) is 19.4 Å². The van der Waals surface area contributed by atoms with Crippen molar-refractivity contribution in [3.8, 4) is 11.3 Å². The van der Waals surface area contributed by atoms with Crippen LogP contribution in [0.5, 0.6) is 0 Å². The van der Waals surface area contributed by atoms with E-state index in [1.807, 2.05) is 62.4 Å². The van der Waals surface area contributed by atoms with Gasteiger partial charge in [-0.1, -0.05) is 53.3 Å². The Labute approximate surface area is 172 Å². The number of aryl methyl sites for hydroxylation is 2. The summed E-state index contributed by atoms with van der Waals surface area (Å²) < 4.78 is 3.62. The topological polar surface area (TPSA) is 68.9 Å². The van der Waals surface area contributed by atoms with Gasteiger partial charge in [0.15, 0.2) is 0 Å². The monoisotopic (exact) mass is 406 g/mol. The van der Waals surface area contributed by atoms with Gasteiger partial charge in [0.1, 0.15) is 12.4 Å². The predicted octanol–water partition coefficient (Wildman–Crippen LogP) is 3.36. The van der Waals surface area contributed by atoms with Crippen molar-refractivity contribution in [3.63, 3.8) is 0 Å². The number of hydrogen-bond donors (Lipinski definition) is 1. The summed E-state index contributed by atoms with van der Waals surface area (Å²) in [5, 5.41) is 4.73. The van der Waals surface area contributed by atoms with E-state index in [0.717, 1.165) is 45.0 Å². The van der Waals surface area contributed by atoms with Crippen molar-refractivity contribution in [1.29, 1.82) is 0 Å². The molecule has 148 valence electrons. The Morgan fingerprint density at radius 2 is 1.83 bits per heavy atom. The van der Waals surface area contributed by atoms with Crippen LogP contribution in [0.3, 0.4) is 0 Å². The van der Waals surface area contributed by atoms with Gasteiger partial charge in [0.2, 0.25) is 5.91 Å². The smallest absolute Gasteiger partial charge is 0.308 e. The average Bonchev–Trinajstić information content (AvgIpc) is 3.22. The molecule has 6 nitrogen and oxygen atoms in total. The first-order valence-corrected chi connectivity index (χ1v) is 10.3. The molecule has 0 aliphatic heterocycles. The lowest BCUT2D eigenvalue weighted by Gasteiger charge is -2.11. The van der Waals surface area contributed by atoms with Crippen LogP contribution in [-0.4, -0.2) is 26.6 Å². The van der Waals surface area contributed by atoms with Crippen LogP contribution in [0.1, 0.15) is 11.4 Å². The maximum Gasteiger partial charge on any atom is 0.308 e. The first kappa shape index (κ1) is 19.1. The molecule has 0 unspecified atom stereocenters. The summed E-state index contributed by atoms with van der Waals surface area (Å²) in [6, 6.07) is 15.9. The van der Waals surface area contributed by atoms with Crippen molar-refractivity contribution < 1.29 is 4.79 Å². The lowest BCUT2D eigenvalue weighted by atomic mass is 10.1. The van der Waals surface area contributed by atoms with Crippen molar-refractivity contribution >= 4 is 28.3 Å². The highest BCUT2D eigenvalue weighted by Gasteiger charge is 2.13. The second-order valence-electron chi connectivity index (χ2n) is 6.99. The van der Waals surface area contributed by atoms with Gasteiger partial charge >= 0.3 is 4.87 Å². The molecule has 1 N–H and O–H groups in total. The molecule has 2 aromatic heterocycles. The van der Waals surface area contributed by atoms with Crippen molar-refractivity contribution in [2.45, 2.75) is 26.9 Å². The van der Waals surface area contributed by atoms with Crippen molar-refractivity contribution in [2.75, 3.05) is 6.54 Å². The molecule has 1 amide bonds. The van der Waals surface area contributed by atoms with Gasteiger partial charge in [-0.05, 0) is 31.5 Å². The van der Waals surface area contributed by atoms with E-state index in [-0.39, 0.29) is 17.3 Å². The number of rotatable bonds is 6. The molecule has 0 saturated carbocycles. The van der Waals surface area contributed by atoms with Gasteiger partial charge in [-0.2, -0.15) is 0 Å². The van der Waals surface area contributed by atoms with E-state index in [9.17, 15) is 9.59 Å². The van der Waals surface area contributed by atoms with Gasteiger partial charge in [0.05, 0.1) is 16.7 Å². The van der Waals surface area contributed by atoms with Crippen LogP contribution in [0.15, 0.2) is 58.7 Å². The third-order valence-electron chi connectivity index (χ3n) is 4.93. The van der Waals surface area contributed by atoms with Gasteiger partial charge < -0.3 is 9.88 Å². The number of benzene rings is 2. The van der Waals surface area contributed by atoms with E-state index < -0.39 is 0 Å². The Morgan fingerprint density at radius 1 is 1.07 bits per heavy atom. The zero-order chi connectivity index (χ0) is 20.4. The van der Waals surface area contributed by atoms with Gasteiger partial charge in [0, 0.05) is 18.5 Å². The SMILES string of the molecule is Cc1ccc(-c2csc(=O)n2CC(=O)NCCn2c(C)nc3ccccc32)cc1. The van der Waals surface area contributed by atoms with E-state index in [1.54, 1.807) is 5.38 Å². The van der Waals surface area contributed by atoms with Crippen LogP contribution >= 0.6 is 11.3 Å². The third-order valence-corrected chi connectivity index (χ3v) is 5.70. The zero-order valence-corrected chi connectivity index (χ0v) is 17.2. The molecule has 7 heteroatoms. The fourth-order valence-electron chi connectivity index (χ4n) is 3.41. The minimum absolute atomic E-state index is 0.00913. The summed E-state index contributed by atoms with van der Waals surface area (Å²) in [7, 11) is 0. The van der Waals surface area contributed by atoms with E-state index >= 15 is 0 Å². The molecule has 4 rings (SSSR count). The number of thiazole rings is 1. The van der Waals surface area contributed by atoms with Crippen LogP contribution in [-0.2, 0) is 17.9 Å². The largest absolute Gasteiger partial charge is 0.353 e. The van der Waals surface area contributed by atoms with Gasteiger partial charge in [0.25, 0.3) is 0 Å². The molecule has 2 aromatic carbocycles. The van der Waals surface area contributed by atoms with Crippen LogP contribution in [0.25, 0.3) is 22.3 Å². The Balaban J connectivity index is 1.43. The highest BCUT2D eigenvalue weighted by Crippen LogP contribution is 2.20. The Kier molecular flexibility index (Phi) is 5.31. The number of para-hydroxylation sites is 2. The summed E-state index contributed by atoms with van der Waals surface area (Å²) >= 11 is 1.11. The lowest BCUT2D eigenvalue weighted by molar-refractivity contribution is -0.121. The number of nitrogens with zero attached hydrogens (tertiary/aromatic N) is 3. The molecule has 0 saturated heterocycles. The zero-order valence-electron chi connectivity index (χ0n) is 16.4. The molecule has 0 radical (unpaired) electrons. The molecule has 0 spiro atoms. The second-order valence-corrected chi connectivity index (χ2v) is 7.81. The summed E-state index contributed by atoms with van der Waals surface area (Å²) in [6.07, 6.45) is 0. The molecule has 0 fully saturated rings. The number of hydrogen-bond acceptors (Lipinski definition) is 4. The number of carbonyl (C=O) groups is 1. The molecule has 0 aliphatic rings. The number of amides is 1. The van der Waals surface area contributed by atoms with Crippen LogP contribution < -0.4 is 10.2 Å². The molecule has 0 bridgehead atoms. The molecule has 29 heavy (non-hydrogen) atoms. The fourth-order valence-corrected chi connectivity index (χ4v) is 4.18. The predicted molar refractivity (Wildman–Crippen MR) is 116 cm³/mol.